The predicted molar refractivity (Wildman–Crippen MR) is 107 cm³/mol. The highest BCUT2D eigenvalue weighted by Crippen LogP contribution is 2.45. The van der Waals surface area contributed by atoms with Crippen molar-refractivity contribution in [3.8, 4) is 0 Å². The third-order valence-corrected chi connectivity index (χ3v) is 7.71. The summed E-state index contributed by atoms with van der Waals surface area (Å²) in [5.41, 5.74) is 1.73. The highest BCUT2D eigenvalue weighted by Gasteiger charge is 2.51. The van der Waals surface area contributed by atoms with E-state index in [9.17, 15) is 14.7 Å². The maximum absolute atomic E-state index is 13.1. The lowest BCUT2D eigenvalue weighted by Crippen LogP contribution is -2.60. The molecule has 158 valence electrons. The Labute approximate surface area is 171 Å². The summed E-state index contributed by atoms with van der Waals surface area (Å²) < 4.78 is 0. The first-order valence-electron chi connectivity index (χ1n) is 11.4. The van der Waals surface area contributed by atoms with Crippen molar-refractivity contribution in [3.05, 3.63) is 17.7 Å². The molecule has 7 heteroatoms. The normalized spacial score (nSPS) is 25.7. The van der Waals surface area contributed by atoms with E-state index >= 15 is 0 Å². The second kappa shape index (κ2) is 7.42. The van der Waals surface area contributed by atoms with E-state index in [1.165, 1.54) is 6.42 Å². The Balaban J connectivity index is 1.33. The molecule has 1 saturated heterocycles. The first kappa shape index (κ1) is 19.1. The van der Waals surface area contributed by atoms with Gasteiger partial charge in [0.05, 0.1) is 17.6 Å². The molecule has 1 atom stereocenters. The van der Waals surface area contributed by atoms with E-state index in [2.05, 4.69) is 14.9 Å². The van der Waals surface area contributed by atoms with Crippen molar-refractivity contribution in [1.82, 2.24) is 19.8 Å². The summed E-state index contributed by atoms with van der Waals surface area (Å²) in [4.78, 5) is 37.8. The molecule has 4 aliphatic rings. The Bertz CT molecular complexity index is 773. The zero-order valence-corrected chi connectivity index (χ0v) is 17.1. The molecular formula is C22H32N4O3. The second-order valence-electron chi connectivity index (χ2n) is 9.44. The maximum Gasteiger partial charge on any atom is 0.251 e. The SMILES string of the molecule is O=C([C@H](O)C1CCCCC1)N1CCC2(CC1)c1nc[nH]c1CCN2C(=O)C1CC1. The third kappa shape index (κ3) is 3.27. The number of aromatic amines is 1. The fraction of sp³-hybridized carbons (Fsp3) is 0.773. The number of aliphatic hydroxyl groups excluding tert-OH is 1. The third-order valence-electron chi connectivity index (χ3n) is 7.71. The molecule has 0 aromatic carbocycles. The van der Waals surface area contributed by atoms with Crippen LogP contribution in [0.3, 0.4) is 0 Å². The van der Waals surface area contributed by atoms with Crippen LogP contribution in [0.4, 0.5) is 0 Å². The Morgan fingerprint density at radius 1 is 1.10 bits per heavy atom. The Kier molecular flexibility index (Phi) is 4.88. The van der Waals surface area contributed by atoms with Gasteiger partial charge in [-0.15, -0.1) is 0 Å². The van der Waals surface area contributed by atoms with Crippen molar-refractivity contribution in [3.63, 3.8) is 0 Å². The zero-order chi connectivity index (χ0) is 20.0. The van der Waals surface area contributed by atoms with E-state index in [0.29, 0.717) is 25.9 Å². The Morgan fingerprint density at radius 3 is 2.52 bits per heavy atom. The van der Waals surface area contributed by atoms with Gasteiger partial charge in [-0.2, -0.15) is 0 Å². The number of aliphatic hydroxyl groups is 1. The number of piperidine rings is 1. The van der Waals surface area contributed by atoms with Gasteiger partial charge in [-0.1, -0.05) is 19.3 Å². The number of carbonyl (C=O) groups excluding carboxylic acids is 2. The number of rotatable bonds is 3. The Morgan fingerprint density at radius 2 is 1.83 bits per heavy atom. The van der Waals surface area contributed by atoms with Crippen LogP contribution in [0.25, 0.3) is 0 Å². The molecule has 1 aromatic rings. The van der Waals surface area contributed by atoms with Gasteiger partial charge in [0.25, 0.3) is 5.91 Å². The van der Waals surface area contributed by atoms with Gasteiger partial charge in [0.15, 0.2) is 0 Å². The molecule has 7 nitrogen and oxygen atoms in total. The summed E-state index contributed by atoms with van der Waals surface area (Å²) in [5.74, 6) is 0.429. The molecule has 2 amide bonds. The van der Waals surface area contributed by atoms with E-state index in [4.69, 9.17) is 0 Å². The highest BCUT2D eigenvalue weighted by atomic mass is 16.3. The van der Waals surface area contributed by atoms with Gasteiger partial charge >= 0.3 is 0 Å². The summed E-state index contributed by atoms with van der Waals surface area (Å²) in [6.07, 6.45) is 10.4. The molecule has 1 aromatic heterocycles. The number of carbonyl (C=O) groups is 2. The molecule has 3 fully saturated rings. The number of aromatic nitrogens is 2. The van der Waals surface area contributed by atoms with Crippen molar-refractivity contribution in [1.29, 1.82) is 0 Å². The van der Waals surface area contributed by atoms with Gasteiger partial charge in [0, 0.05) is 37.7 Å². The van der Waals surface area contributed by atoms with Gasteiger partial charge in [-0.25, -0.2) is 4.98 Å². The van der Waals surface area contributed by atoms with Crippen molar-refractivity contribution in [2.45, 2.75) is 75.9 Å². The smallest absolute Gasteiger partial charge is 0.251 e. The molecule has 5 rings (SSSR count). The predicted octanol–water partition coefficient (Wildman–Crippen LogP) is 1.96. The molecule has 2 aliphatic carbocycles. The second-order valence-corrected chi connectivity index (χ2v) is 9.44. The molecule has 0 bridgehead atoms. The largest absolute Gasteiger partial charge is 0.383 e. The number of imidazole rings is 1. The lowest BCUT2D eigenvalue weighted by molar-refractivity contribution is -0.151. The highest BCUT2D eigenvalue weighted by molar-refractivity contribution is 5.83. The fourth-order valence-corrected chi connectivity index (χ4v) is 5.79. The topological polar surface area (TPSA) is 89.5 Å². The molecule has 2 aliphatic heterocycles. The zero-order valence-electron chi connectivity index (χ0n) is 17.1. The van der Waals surface area contributed by atoms with Crippen LogP contribution in [-0.2, 0) is 21.5 Å². The molecular weight excluding hydrogens is 368 g/mol. The number of fused-ring (bicyclic) bond motifs is 2. The maximum atomic E-state index is 13.1. The number of amides is 2. The van der Waals surface area contributed by atoms with E-state index in [1.807, 2.05) is 4.90 Å². The minimum atomic E-state index is -0.874. The van der Waals surface area contributed by atoms with E-state index in [1.54, 1.807) is 6.33 Å². The fourth-order valence-electron chi connectivity index (χ4n) is 5.79. The van der Waals surface area contributed by atoms with Crippen molar-refractivity contribution >= 4 is 11.8 Å². The first-order valence-corrected chi connectivity index (χ1v) is 11.4. The molecule has 3 heterocycles. The summed E-state index contributed by atoms with van der Waals surface area (Å²) in [6.45, 7) is 1.87. The summed E-state index contributed by atoms with van der Waals surface area (Å²) in [5, 5.41) is 10.7. The van der Waals surface area contributed by atoms with Gasteiger partial charge in [-0.05, 0) is 44.4 Å². The summed E-state index contributed by atoms with van der Waals surface area (Å²) in [7, 11) is 0. The minimum Gasteiger partial charge on any atom is -0.383 e. The summed E-state index contributed by atoms with van der Waals surface area (Å²) >= 11 is 0. The number of hydrogen-bond donors (Lipinski definition) is 2. The minimum absolute atomic E-state index is 0.104. The molecule has 29 heavy (non-hydrogen) atoms. The monoisotopic (exact) mass is 400 g/mol. The molecule has 2 N–H and O–H groups in total. The van der Waals surface area contributed by atoms with Crippen molar-refractivity contribution < 1.29 is 14.7 Å². The molecule has 2 saturated carbocycles. The van der Waals surface area contributed by atoms with Gasteiger partial charge < -0.3 is 19.9 Å². The lowest BCUT2D eigenvalue weighted by Gasteiger charge is -2.51. The van der Waals surface area contributed by atoms with E-state index in [-0.39, 0.29) is 23.7 Å². The van der Waals surface area contributed by atoms with Crippen LogP contribution in [0.1, 0.15) is 69.2 Å². The van der Waals surface area contributed by atoms with Crippen LogP contribution >= 0.6 is 0 Å². The van der Waals surface area contributed by atoms with Crippen molar-refractivity contribution in [2.75, 3.05) is 19.6 Å². The summed E-state index contributed by atoms with van der Waals surface area (Å²) in [6, 6.07) is 0. The van der Waals surface area contributed by atoms with Crippen LogP contribution < -0.4 is 0 Å². The number of likely N-dealkylation sites (tertiary alicyclic amines) is 1. The average molecular weight is 401 g/mol. The first-order chi connectivity index (χ1) is 14.1. The van der Waals surface area contributed by atoms with Crippen LogP contribution in [0.5, 0.6) is 0 Å². The lowest BCUT2D eigenvalue weighted by atomic mass is 9.78. The van der Waals surface area contributed by atoms with Crippen molar-refractivity contribution in [2.24, 2.45) is 11.8 Å². The standard InChI is InChI=1S/C22H32N4O3/c27-18(15-4-2-1-3-5-15)21(29)25-12-9-22(10-13-25)19-17(23-14-24-19)8-11-26(22)20(28)16-6-7-16/h14-16,18,27H,1-13H2,(H,23,24)/t18-/m1/s1. The number of nitrogens with one attached hydrogen (secondary N) is 1. The molecule has 1 spiro atoms. The van der Waals surface area contributed by atoms with Gasteiger partial charge in [-0.3, -0.25) is 9.59 Å². The molecule has 0 radical (unpaired) electrons. The van der Waals surface area contributed by atoms with Crippen LogP contribution in [0, 0.1) is 11.8 Å². The van der Waals surface area contributed by atoms with Gasteiger partial charge in [0.2, 0.25) is 5.91 Å². The van der Waals surface area contributed by atoms with Crippen LogP contribution in [0.2, 0.25) is 0 Å². The van der Waals surface area contributed by atoms with Crippen LogP contribution in [0.15, 0.2) is 6.33 Å². The number of nitrogens with zero attached hydrogens (tertiary/aromatic N) is 3. The van der Waals surface area contributed by atoms with E-state index in [0.717, 1.165) is 62.9 Å². The quantitative estimate of drug-likeness (QED) is 0.812. The number of hydrogen-bond acceptors (Lipinski definition) is 4. The number of H-pyrrole nitrogens is 1. The average Bonchev–Trinajstić information content (AvgIpc) is 3.50. The molecule has 0 unspecified atom stereocenters. The van der Waals surface area contributed by atoms with Crippen LogP contribution in [-0.4, -0.2) is 62.4 Å². The van der Waals surface area contributed by atoms with Gasteiger partial charge in [0.1, 0.15) is 6.10 Å². The Hall–Kier alpha value is -1.89. The van der Waals surface area contributed by atoms with E-state index < -0.39 is 11.6 Å².